The number of rotatable bonds is 6. The molecule has 0 amide bonds. The van der Waals surface area contributed by atoms with Crippen molar-refractivity contribution in [3.63, 3.8) is 0 Å². The fraction of sp³-hybridized carbons (Fsp3) is 0.692. The van der Waals surface area contributed by atoms with Crippen molar-refractivity contribution in [1.82, 2.24) is 9.78 Å². The number of sulfone groups is 1. The van der Waals surface area contributed by atoms with Crippen LogP contribution < -0.4 is 0 Å². The lowest BCUT2D eigenvalue weighted by molar-refractivity contribution is -0.141. The van der Waals surface area contributed by atoms with Gasteiger partial charge in [-0.05, 0) is 41.1 Å². The topological polar surface area (TPSA) is 78.3 Å². The first-order chi connectivity index (χ1) is 9.68. The quantitative estimate of drug-likeness (QED) is 0.704. The van der Waals surface area contributed by atoms with Crippen LogP contribution in [-0.4, -0.2) is 37.0 Å². The molecule has 0 N–H and O–H groups in total. The highest BCUT2D eigenvalue weighted by atomic mass is 79.9. The molecule has 6 nitrogen and oxygen atoms in total. The highest BCUT2D eigenvalue weighted by Crippen LogP contribution is 2.50. The molecule has 1 saturated carbocycles. The molecular formula is C13H19BrN2O4S. The van der Waals surface area contributed by atoms with Crippen molar-refractivity contribution in [1.29, 1.82) is 0 Å². The van der Waals surface area contributed by atoms with E-state index in [-0.39, 0.29) is 23.9 Å². The summed E-state index contributed by atoms with van der Waals surface area (Å²) < 4.78 is 31.8. The summed E-state index contributed by atoms with van der Waals surface area (Å²) in [6.45, 7) is 1.82. The highest BCUT2D eigenvalue weighted by molar-refractivity contribution is 9.10. The second-order valence-electron chi connectivity index (χ2n) is 5.75. The number of aryl methyl sites for hydroxylation is 2. The van der Waals surface area contributed by atoms with Gasteiger partial charge in [0.1, 0.15) is 0 Å². The first kappa shape index (κ1) is 16.5. The van der Waals surface area contributed by atoms with Crippen molar-refractivity contribution in [2.75, 3.05) is 12.9 Å². The molecule has 1 aliphatic rings. The third kappa shape index (κ3) is 3.85. The van der Waals surface area contributed by atoms with Gasteiger partial charge in [-0.2, -0.15) is 5.10 Å². The highest BCUT2D eigenvalue weighted by Gasteiger charge is 2.48. The Morgan fingerprint density at radius 3 is 2.52 bits per heavy atom. The summed E-state index contributed by atoms with van der Waals surface area (Å²) in [5.74, 6) is -0.403. The van der Waals surface area contributed by atoms with Crippen molar-refractivity contribution in [3.05, 3.63) is 15.9 Å². The van der Waals surface area contributed by atoms with Gasteiger partial charge in [-0.1, -0.05) is 0 Å². The van der Waals surface area contributed by atoms with E-state index in [1.165, 1.54) is 7.11 Å². The summed E-state index contributed by atoms with van der Waals surface area (Å²) >= 11 is 3.38. The smallest absolute Gasteiger partial charge is 0.306 e. The lowest BCUT2D eigenvalue weighted by Gasteiger charge is -2.14. The van der Waals surface area contributed by atoms with Crippen molar-refractivity contribution >= 4 is 31.7 Å². The molecule has 1 aromatic heterocycles. The van der Waals surface area contributed by atoms with E-state index in [1.54, 1.807) is 11.7 Å². The SMILES string of the molecule is COC(=O)CC1(CS(=O)(=O)Cc2c(Br)c(C)nn2C)CC1. The molecule has 0 radical (unpaired) electrons. The third-order valence-corrected chi connectivity index (χ3v) is 6.65. The van der Waals surface area contributed by atoms with Crippen LogP contribution in [0.3, 0.4) is 0 Å². The maximum atomic E-state index is 12.4. The van der Waals surface area contributed by atoms with E-state index < -0.39 is 15.3 Å². The first-order valence-corrected chi connectivity index (χ1v) is 9.25. The molecule has 1 aromatic rings. The summed E-state index contributed by atoms with van der Waals surface area (Å²) in [5, 5.41) is 4.20. The summed E-state index contributed by atoms with van der Waals surface area (Å²) in [6.07, 6.45) is 1.69. The van der Waals surface area contributed by atoms with Gasteiger partial charge in [0.15, 0.2) is 9.84 Å². The van der Waals surface area contributed by atoms with Crippen LogP contribution in [0.15, 0.2) is 4.47 Å². The van der Waals surface area contributed by atoms with Crippen molar-refractivity contribution in [2.45, 2.75) is 31.9 Å². The minimum absolute atomic E-state index is 0.0196. The molecule has 0 bridgehead atoms. The fourth-order valence-corrected chi connectivity index (χ4v) is 5.33. The van der Waals surface area contributed by atoms with Crippen LogP contribution in [0.1, 0.15) is 30.7 Å². The molecule has 1 aliphatic carbocycles. The normalized spacial score (nSPS) is 16.8. The summed E-state index contributed by atoms with van der Waals surface area (Å²) in [4.78, 5) is 11.4. The number of ether oxygens (including phenoxy) is 1. The number of methoxy groups -OCH3 is 1. The van der Waals surface area contributed by atoms with Gasteiger partial charge in [0.2, 0.25) is 0 Å². The minimum Gasteiger partial charge on any atom is -0.469 e. The number of carbonyl (C=O) groups excluding carboxylic acids is 1. The Hall–Kier alpha value is -0.890. The van der Waals surface area contributed by atoms with Gasteiger partial charge in [-0.25, -0.2) is 8.42 Å². The van der Waals surface area contributed by atoms with Crippen LogP contribution in [0.5, 0.6) is 0 Å². The number of carbonyl (C=O) groups is 1. The van der Waals surface area contributed by atoms with Crippen LogP contribution in [0.4, 0.5) is 0 Å². The summed E-state index contributed by atoms with van der Waals surface area (Å²) in [6, 6.07) is 0. The van der Waals surface area contributed by atoms with E-state index in [0.29, 0.717) is 5.69 Å². The third-order valence-electron chi connectivity index (χ3n) is 3.85. The molecule has 118 valence electrons. The molecule has 0 aromatic carbocycles. The van der Waals surface area contributed by atoms with Crippen molar-refractivity contribution < 1.29 is 17.9 Å². The van der Waals surface area contributed by atoms with Gasteiger partial charge in [-0.15, -0.1) is 0 Å². The molecule has 2 rings (SSSR count). The predicted octanol–water partition coefficient (Wildman–Crippen LogP) is 1.75. The Kier molecular flexibility index (Phi) is 4.49. The van der Waals surface area contributed by atoms with E-state index in [2.05, 4.69) is 25.8 Å². The van der Waals surface area contributed by atoms with Crippen LogP contribution >= 0.6 is 15.9 Å². The Morgan fingerprint density at radius 2 is 2.10 bits per heavy atom. The van der Waals surface area contributed by atoms with Crippen molar-refractivity contribution in [3.8, 4) is 0 Å². The molecule has 0 unspecified atom stereocenters. The molecule has 1 fully saturated rings. The van der Waals surface area contributed by atoms with Crippen LogP contribution in [0, 0.1) is 12.3 Å². The second kappa shape index (κ2) is 5.72. The van der Waals surface area contributed by atoms with Gasteiger partial charge < -0.3 is 4.74 Å². The number of aromatic nitrogens is 2. The number of nitrogens with zero attached hydrogens (tertiary/aromatic N) is 2. The number of esters is 1. The Bertz CT molecular complexity index is 662. The second-order valence-corrected chi connectivity index (χ2v) is 8.61. The molecule has 0 aliphatic heterocycles. The Labute approximate surface area is 132 Å². The number of halogens is 1. The number of hydrogen-bond acceptors (Lipinski definition) is 5. The molecule has 8 heteroatoms. The Morgan fingerprint density at radius 1 is 1.48 bits per heavy atom. The van der Waals surface area contributed by atoms with E-state index in [1.807, 2.05) is 6.92 Å². The van der Waals surface area contributed by atoms with E-state index in [0.717, 1.165) is 23.0 Å². The zero-order valence-corrected chi connectivity index (χ0v) is 14.8. The molecule has 1 heterocycles. The average Bonchev–Trinajstić information content (AvgIpc) is 3.07. The zero-order valence-electron chi connectivity index (χ0n) is 12.3. The van der Waals surface area contributed by atoms with Gasteiger partial charge >= 0.3 is 5.97 Å². The lowest BCUT2D eigenvalue weighted by atomic mass is 10.1. The average molecular weight is 379 g/mol. The predicted molar refractivity (Wildman–Crippen MR) is 81.4 cm³/mol. The van der Waals surface area contributed by atoms with Crippen molar-refractivity contribution in [2.24, 2.45) is 12.5 Å². The maximum Gasteiger partial charge on any atom is 0.306 e. The Balaban J connectivity index is 2.11. The van der Waals surface area contributed by atoms with E-state index >= 15 is 0 Å². The molecule has 0 spiro atoms. The van der Waals surface area contributed by atoms with Crippen LogP contribution in [0.25, 0.3) is 0 Å². The number of hydrogen-bond donors (Lipinski definition) is 0. The summed E-state index contributed by atoms with van der Waals surface area (Å²) in [7, 11) is -0.266. The molecular weight excluding hydrogens is 360 g/mol. The zero-order chi connectivity index (χ0) is 15.8. The minimum atomic E-state index is -3.31. The van der Waals surface area contributed by atoms with Gasteiger partial charge in [0, 0.05) is 7.05 Å². The standard InChI is InChI=1S/C13H19BrN2O4S/c1-9-12(14)10(16(2)15-9)7-21(18,19)8-13(4-5-13)6-11(17)20-3/h4-8H2,1-3H3. The summed E-state index contributed by atoms with van der Waals surface area (Å²) in [5.41, 5.74) is 0.978. The van der Waals surface area contributed by atoms with Gasteiger partial charge in [-0.3, -0.25) is 9.48 Å². The molecule has 21 heavy (non-hydrogen) atoms. The fourth-order valence-electron chi connectivity index (χ4n) is 2.49. The largest absolute Gasteiger partial charge is 0.469 e. The monoisotopic (exact) mass is 378 g/mol. The van der Waals surface area contributed by atoms with E-state index in [9.17, 15) is 13.2 Å². The molecule has 0 saturated heterocycles. The van der Waals surface area contributed by atoms with Gasteiger partial charge in [0.25, 0.3) is 0 Å². The lowest BCUT2D eigenvalue weighted by Crippen LogP contribution is -2.23. The van der Waals surface area contributed by atoms with Gasteiger partial charge in [0.05, 0.1) is 40.9 Å². The van der Waals surface area contributed by atoms with Crippen LogP contribution in [0.2, 0.25) is 0 Å². The van der Waals surface area contributed by atoms with Crippen LogP contribution in [-0.2, 0) is 32.2 Å². The van der Waals surface area contributed by atoms with E-state index in [4.69, 9.17) is 0 Å². The maximum absolute atomic E-state index is 12.4. The molecule has 0 atom stereocenters. The first-order valence-electron chi connectivity index (χ1n) is 6.63.